The van der Waals surface area contributed by atoms with Crippen LogP contribution in [0.25, 0.3) is 0 Å². The Morgan fingerprint density at radius 2 is 1.74 bits per heavy atom. The van der Waals surface area contributed by atoms with E-state index in [4.69, 9.17) is 0 Å². The van der Waals surface area contributed by atoms with Crippen LogP contribution in [-0.4, -0.2) is 15.0 Å². The first-order valence-electron chi connectivity index (χ1n) is 7.50. The average molecular weight is 305 g/mol. The molecule has 0 aliphatic rings. The van der Waals surface area contributed by atoms with E-state index in [1.54, 1.807) is 18.7 Å². The SMILES string of the molecule is Cc1cccc(Nc2cc(NCc3ccncc3)ncn2)c1C. The van der Waals surface area contributed by atoms with E-state index in [1.807, 2.05) is 24.3 Å². The first-order valence-corrected chi connectivity index (χ1v) is 7.50. The molecule has 2 N–H and O–H groups in total. The number of pyridine rings is 1. The maximum Gasteiger partial charge on any atom is 0.135 e. The van der Waals surface area contributed by atoms with E-state index in [9.17, 15) is 0 Å². The topological polar surface area (TPSA) is 62.7 Å². The highest BCUT2D eigenvalue weighted by atomic mass is 15.1. The van der Waals surface area contributed by atoms with Gasteiger partial charge in [-0.15, -0.1) is 0 Å². The van der Waals surface area contributed by atoms with Crippen LogP contribution in [0.4, 0.5) is 17.3 Å². The Labute approximate surface area is 135 Å². The molecule has 3 rings (SSSR count). The highest BCUT2D eigenvalue weighted by Crippen LogP contribution is 2.22. The molecule has 2 heterocycles. The van der Waals surface area contributed by atoms with Gasteiger partial charge in [0.2, 0.25) is 0 Å². The predicted octanol–water partition coefficient (Wildman–Crippen LogP) is 3.84. The Kier molecular flexibility index (Phi) is 4.47. The summed E-state index contributed by atoms with van der Waals surface area (Å²) in [4.78, 5) is 12.6. The molecule has 0 spiro atoms. The Morgan fingerprint density at radius 3 is 2.57 bits per heavy atom. The van der Waals surface area contributed by atoms with Crippen molar-refractivity contribution >= 4 is 17.3 Å². The Balaban J connectivity index is 1.71. The molecule has 1 aromatic carbocycles. The maximum atomic E-state index is 4.29. The summed E-state index contributed by atoms with van der Waals surface area (Å²) < 4.78 is 0. The van der Waals surface area contributed by atoms with E-state index >= 15 is 0 Å². The minimum Gasteiger partial charge on any atom is -0.366 e. The van der Waals surface area contributed by atoms with Crippen LogP contribution in [0, 0.1) is 13.8 Å². The number of benzene rings is 1. The van der Waals surface area contributed by atoms with Crippen molar-refractivity contribution in [3.63, 3.8) is 0 Å². The van der Waals surface area contributed by atoms with Gasteiger partial charge in [-0.2, -0.15) is 0 Å². The van der Waals surface area contributed by atoms with Gasteiger partial charge < -0.3 is 10.6 Å². The summed E-state index contributed by atoms with van der Waals surface area (Å²) in [6.45, 7) is 4.89. The summed E-state index contributed by atoms with van der Waals surface area (Å²) >= 11 is 0. The fourth-order valence-electron chi connectivity index (χ4n) is 2.24. The molecule has 0 bridgehead atoms. The van der Waals surface area contributed by atoms with Crippen molar-refractivity contribution in [2.75, 3.05) is 10.6 Å². The molecule has 0 saturated carbocycles. The highest BCUT2D eigenvalue weighted by Gasteiger charge is 2.03. The van der Waals surface area contributed by atoms with E-state index in [0.29, 0.717) is 6.54 Å². The summed E-state index contributed by atoms with van der Waals surface area (Å²) in [6, 6.07) is 12.0. The van der Waals surface area contributed by atoms with Gasteiger partial charge in [-0.05, 0) is 48.7 Å². The van der Waals surface area contributed by atoms with Crippen LogP contribution in [0.2, 0.25) is 0 Å². The van der Waals surface area contributed by atoms with Crippen LogP contribution >= 0.6 is 0 Å². The lowest BCUT2D eigenvalue weighted by atomic mass is 10.1. The van der Waals surface area contributed by atoms with Crippen molar-refractivity contribution in [1.29, 1.82) is 0 Å². The largest absolute Gasteiger partial charge is 0.366 e. The molecule has 0 fully saturated rings. The zero-order valence-electron chi connectivity index (χ0n) is 13.2. The second-order valence-corrected chi connectivity index (χ2v) is 5.37. The standard InChI is InChI=1S/C18H19N5/c1-13-4-3-5-16(14(13)2)23-18-10-17(21-12-22-18)20-11-15-6-8-19-9-7-15/h3-10,12H,11H2,1-2H3,(H2,20,21,22,23). The van der Waals surface area contributed by atoms with Gasteiger partial charge in [0.1, 0.15) is 18.0 Å². The van der Waals surface area contributed by atoms with E-state index in [1.165, 1.54) is 11.1 Å². The zero-order valence-corrected chi connectivity index (χ0v) is 13.2. The molecule has 3 aromatic rings. The first-order chi connectivity index (χ1) is 11.2. The lowest BCUT2D eigenvalue weighted by Crippen LogP contribution is -2.03. The van der Waals surface area contributed by atoms with Gasteiger partial charge in [-0.1, -0.05) is 12.1 Å². The molecular formula is C18H19N5. The number of anilines is 3. The Morgan fingerprint density at radius 1 is 0.957 bits per heavy atom. The van der Waals surface area contributed by atoms with Crippen molar-refractivity contribution in [1.82, 2.24) is 15.0 Å². The van der Waals surface area contributed by atoms with Gasteiger partial charge in [0.25, 0.3) is 0 Å². The normalized spacial score (nSPS) is 10.3. The van der Waals surface area contributed by atoms with Gasteiger partial charge in [0, 0.05) is 30.7 Å². The monoisotopic (exact) mass is 305 g/mol. The number of aryl methyl sites for hydroxylation is 1. The van der Waals surface area contributed by atoms with Gasteiger partial charge in [-0.3, -0.25) is 4.98 Å². The van der Waals surface area contributed by atoms with Crippen LogP contribution in [0.5, 0.6) is 0 Å². The van der Waals surface area contributed by atoms with Gasteiger partial charge in [0.05, 0.1) is 0 Å². The molecule has 0 aliphatic heterocycles. The lowest BCUT2D eigenvalue weighted by molar-refractivity contribution is 1.07. The number of hydrogen-bond acceptors (Lipinski definition) is 5. The van der Waals surface area contributed by atoms with Crippen LogP contribution in [0.3, 0.4) is 0 Å². The molecule has 5 nitrogen and oxygen atoms in total. The van der Waals surface area contributed by atoms with Crippen molar-refractivity contribution < 1.29 is 0 Å². The van der Waals surface area contributed by atoms with E-state index in [0.717, 1.165) is 22.9 Å². The summed E-state index contributed by atoms with van der Waals surface area (Å²) in [5.41, 5.74) is 4.68. The minimum absolute atomic E-state index is 0.697. The summed E-state index contributed by atoms with van der Waals surface area (Å²) in [7, 11) is 0. The number of aromatic nitrogens is 3. The van der Waals surface area contributed by atoms with E-state index in [2.05, 4.69) is 51.6 Å². The summed E-state index contributed by atoms with van der Waals surface area (Å²) in [5.74, 6) is 1.55. The zero-order chi connectivity index (χ0) is 16.1. The maximum absolute atomic E-state index is 4.29. The molecular weight excluding hydrogens is 286 g/mol. The minimum atomic E-state index is 0.697. The molecule has 0 amide bonds. The second kappa shape index (κ2) is 6.87. The second-order valence-electron chi connectivity index (χ2n) is 5.37. The molecule has 0 saturated heterocycles. The number of rotatable bonds is 5. The van der Waals surface area contributed by atoms with Crippen molar-refractivity contribution in [2.24, 2.45) is 0 Å². The molecule has 0 radical (unpaired) electrons. The van der Waals surface area contributed by atoms with E-state index < -0.39 is 0 Å². The van der Waals surface area contributed by atoms with Gasteiger partial charge in [-0.25, -0.2) is 9.97 Å². The smallest absolute Gasteiger partial charge is 0.135 e. The van der Waals surface area contributed by atoms with Crippen molar-refractivity contribution in [3.8, 4) is 0 Å². The van der Waals surface area contributed by atoms with Gasteiger partial charge in [0.15, 0.2) is 0 Å². The highest BCUT2D eigenvalue weighted by molar-refractivity contribution is 5.63. The molecule has 116 valence electrons. The Bertz CT molecular complexity index is 786. The molecule has 23 heavy (non-hydrogen) atoms. The number of nitrogens with one attached hydrogen (secondary N) is 2. The molecule has 0 unspecified atom stereocenters. The predicted molar refractivity (Wildman–Crippen MR) is 92.8 cm³/mol. The summed E-state index contributed by atoms with van der Waals surface area (Å²) in [6.07, 6.45) is 5.12. The van der Waals surface area contributed by atoms with E-state index in [-0.39, 0.29) is 0 Å². The molecule has 0 aliphatic carbocycles. The lowest BCUT2D eigenvalue weighted by Gasteiger charge is -2.12. The van der Waals surface area contributed by atoms with Crippen molar-refractivity contribution in [3.05, 3.63) is 71.8 Å². The van der Waals surface area contributed by atoms with Gasteiger partial charge >= 0.3 is 0 Å². The third-order valence-corrected chi connectivity index (χ3v) is 3.76. The van der Waals surface area contributed by atoms with Crippen LogP contribution < -0.4 is 10.6 Å². The number of nitrogens with zero attached hydrogens (tertiary/aromatic N) is 3. The Hall–Kier alpha value is -2.95. The summed E-state index contributed by atoms with van der Waals surface area (Å²) in [5, 5.41) is 6.64. The third-order valence-electron chi connectivity index (χ3n) is 3.76. The average Bonchev–Trinajstić information content (AvgIpc) is 2.59. The van der Waals surface area contributed by atoms with Crippen molar-refractivity contribution in [2.45, 2.75) is 20.4 Å². The fourth-order valence-corrected chi connectivity index (χ4v) is 2.24. The first kappa shape index (κ1) is 15.0. The molecule has 2 aromatic heterocycles. The third kappa shape index (κ3) is 3.83. The van der Waals surface area contributed by atoms with Crippen LogP contribution in [0.1, 0.15) is 16.7 Å². The quantitative estimate of drug-likeness (QED) is 0.750. The molecule has 0 atom stereocenters. The molecule has 5 heteroatoms. The van der Waals surface area contributed by atoms with Crippen LogP contribution in [-0.2, 0) is 6.54 Å². The number of hydrogen-bond donors (Lipinski definition) is 2. The fraction of sp³-hybridized carbons (Fsp3) is 0.167. The van der Waals surface area contributed by atoms with Crippen LogP contribution in [0.15, 0.2) is 55.1 Å².